The summed E-state index contributed by atoms with van der Waals surface area (Å²) in [6.45, 7) is 4.91. The standard InChI is InChI=1S/C21H29N3O2/c1-16(2)17-7-9-18(10-8-17)20(12-15-25)23-21(26)24(3)14-11-19-6-4-5-13-22-19/h4-10,13,16,20,25H,11-12,14-15H2,1-3H3,(H,23,26)/t20-/m1/s1. The minimum absolute atomic E-state index is 0.0223. The van der Waals surface area contributed by atoms with Crippen molar-refractivity contribution in [2.75, 3.05) is 20.2 Å². The lowest BCUT2D eigenvalue weighted by Crippen LogP contribution is -2.40. The van der Waals surface area contributed by atoms with Gasteiger partial charge in [-0.2, -0.15) is 0 Å². The number of nitrogens with one attached hydrogen (secondary N) is 1. The molecular weight excluding hydrogens is 326 g/mol. The third kappa shape index (κ3) is 5.85. The van der Waals surface area contributed by atoms with Gasteiger partial charge < -0.3 is 15.3 Å². The molecule has 2 aromatic rings. The van der Waals surface area contributed by atoms with Gasteiger partial charge in [-0.05, 0) is 35.6 Å². The molecule has 0 unspecified atom stereocenters. The van der Waals surface area contributed by atoms with Gasteiger partial charge in [0.1, 0.15) is 0 Å². The van der Waals surface area contributed by atoms with Crippen molar-refractivity contribution in [3.05, 3.63) is 65.5 Å². The number of carbonyl (C=O) groups is 1. The van der Waals surface area contributed by atoms with E-state index in [2.05, 4.69) is 36.3 Å². The number of hydrogen-bond donors (Lipinski definition) is 2. The van der Waals surface area contributed by atoms with E-state index in [-0.39, 0.29) is 18.7 Å². The van der Waals surface area contributed by atoms with Crippen LogP contribution in [0, 0.1) is 0 Å². The van der Waals surface area contributed by atoms with Crippen LogP contribution in [0.15, 0.2) is 48.7 Å². The van der Waals surface area contributed by atoms with Gasteiger partial charge in [0.05, 0.1) is 6.04 Å². The molecule has 0 radical (unpaired) electrons. The third-order valence-electron chi connectivity index (χ3n) is 4.50. The lowest BCUT2D eigenvalue weighted by molar-refractivity contribution is 0.200. The molecule has 0 saturated carbocycles. The van der Waals surface area contributed by atoms with Crippen molar-refractivity contribution in [1.29, 1.82) is 0 Å². The topological polar surface area (TPSA) is 65.5 Å². The number of aromatic nitrogens is 1. The van der Waals surface area contributed by atoms with Crippen LogP contribution in [0.3, 0.4) is 0 Å². The van der Waals surface area contributed by atoms with Crippen LogP contribution in [0.25, 0.3) is 0 Å². The highest BCUT2D eigenvalue weighted by Gasteiger charge is 2.17. The van der Waals surface area contributed by atoms with Gasteiger partial charge in [-0.1, -0.05) is 44.2 Å². The van der Waals surface area contributed by atoms with E-state index >= 15 is 0 Å². The van der Waals surface area contributed by atoms with Crippen LogP contribution in [0.4, 0.5) is 4.79 Å². The molecule has 0 saturated heterocycles. The van der Waals surface area contributed by atoms with Crippen molar-refractivity contribution >= 4 is 6.03 Å². The summed E-state index contributed by atoms with van der Waals surface area (Å²) in [6.07, 6.45) is 2.95. The van der Waals surface area contributed by atoms with Gasteiger partial charge in [0.15, 0.2) is 0 Å². The van der Waals surface area contributed by atoms with Crippen LogP contribution in [-0.4, -0.2) is 41.2 Å². The first-order valence-electron chi connectivity index (χ1n) is 9.13. The summed E-state index contributed by atoms with van der Waals surface area (Å²) in [5.41, 5.74) is 3.23. The normalized spacial score (nSPS) is 12.0. The van der Waals surface area contributed by atoms with E-state index in [0.717, 1.165) is 11.3 Å². The molecule has 1 aromatic carbocycles. The van der Waals surface area contributed by atoms with E-state index < -0.39 is 0 Å². The molecule has 2 N–H and O–H groups in total. The SMILES string of the molecule is CC(C)c1ccc([C@@H](CCO)NC(=O)N(C)CCc2ccccn2)cc1. The van der Waals surface area contributed by atoms with E-state index in [4.69, 9.17) is 0 Å². The average Bonchev–Trinajstić information content (AvgIpc) is 2.66. The fourth-order valence-corrected chi connectivity index (χ4v) is 2.75. The van der Waals surface area contributed by atoms with Gasteiger partial charge in [0.25, 0.3) is 0 Å². The monoisotopic (exact) mass is 355 g/mol. The van der Waals surface area contributed by atoms with Crippen LogP contribution >= 0.6 is 0 Å². The quantitative estimate of drug-likeness (QED) is 0.761. The van der Waals surface area contributed by atoms with Crippen molar-refractivity contribution < 1.29 is 9.90 Å². The molecular formula is C21H29N3O2. The summed E-state index contributed by atoms with van der Waals surface area (Å²) in [7, 11) is 1.77. The van der Waals surface area contributed by atoms with Crippen LogP contribution < -0.4 is 5.32 Å². The first kappa shape index (κ1) is 19.9. The van der Waals surface area contributed by atoms with Gasteiger partial charge in [-0.3, -0.25) is 4.98 Å². The minimum Gasteiger partial charge on any atom is -0.396 e. The summed E-state index contributed by atoms with van der Waals surface area (Å²) >= 11 is 0. The number of nitrogens with zero attached hydrogens (tertiary/aromatic N) is 2. The van der Waals surface area contributed by atoms with Gasteiger partial charge in [0.2, 0.25) is 0 Å². The Kier molecular flexibility index (Phi) is 7.60. The number of pyridine rings is 1. The molecule has 0 spiro atoms. The maximum Gasteiger partial charge on any atom is 0.317 e. The van der Waals surface area contributed by atoms with E-state index in [9.17, 15) is 9.90 Å². The maximum absolute atomic E-state index is 12.5. The van der Waals surface area contributed by atoms with Crippen molar-refractivity contribution in [2.45, 2.75) is 38.6 Å². The Morgan fingerprint density at radius 1 is 1.15 bits per heavy atom. The number of benzene rings is 1. The smallest absolute Gasteiger partial charge is 0.317 e. The fourth-order valence-electron chi connectivity index (χ4n) is 2.75. The van der Waals surface area contributed by atoms with Gasteiger partial charge in [0, 0.05) is 38.5 Å². The summed E-state index contributed by atoms with van der Waals surface area (Å²) < 4.78 is 0. The molecule has 26 heavy (non-hydrogen) atoms. The highest BCUT2D eigenvalue weighted by molar-refractivity contribution is 5.74. The van der Waals surface area contributed by atoms with Crippen LogP contribution in [-0.2, 0) is 6.42 Å². The molecule has 0 aliphatic rings. The highest BCUT2D eigenvalue weighted by Crippen LogP contribution is 2.21. The maximum atomic E-state index is 12.5. The largest absolute Gasteiger partial charge is 0.396 e. The zero-order valence-corrected chi connectivity index (χ0v) is 15.9. The fraction of sp³-hybridized carbons (Fsp3) is 0.429. The lowest BCUT2D eigenvalue weighted by atomic mass is 9.98. The minimum atomic E-state index is -0.203. The number of aliphatic hydroxyl groups excluding tert-OH is 1. The Bertz CT molecular complexity index is 671. The molecule has 1 heterocycles. The van der Waals surface area contributed by atoms with E-state index in [1.165, 1.54) is 5.56 Å². The second-order valence-corrected chi connectivity index (χ2v) is 6.83. The first-order valence-corrected chi connectivity index (χ1v) is 9.13. The van der Waals surface area contributed by atoms with Crippen molar-refractivity contribution in [3.63, 3.8) is 0 Å². The molecule has 1 aromatic heterocycles. The summed E-state index contributed by atoms with van der Waals surface area (Å²) in [4.78, 5) is 18.4. The molecule has 5 heteroatoms. The second kappa shape index (κ2) is 9.92. The molecule has 140 valence electrons. The number of rotatable bonds is 8. The van der Waals surface area contributed by atoms with E-state index in [1.807, 2.05) is 30.3 Å². The second-order valence-electron chi connectivity index (χ2n) is 6.83. The average molecular weight is 355 g/mol. The van der Waals surface area contributed by atoms with Crippen molar-refractivity contribution in [2.24, 2.45) is 0 Å². The summed E-state index contributed by atoms with van der Waals surface area (Å²) in [6, 6.07) is 13.7. The van der Waals surface area contributed by atoms with Gasteiger partial charge in [-0.15, -0.1) is 0 Å². The summed E-state index contributed by atoms with van der Waals surface area (Å²) in [5, 5.41) is 12.4. The zero-order chi connectivity index (χ0) is 18.9. The van der Waals surface area contributed by atoms with Gasteiger partial charge in [-0.25, -0.2) is 4.79 Å². The lowest BCUT2D eigenvalue weighted by Gasteiger charge is -2.24. The first-order chi connectivity index (χ1) is 12.5. The molecule has 2 rings (SSSR count). The number of hydrogen-bond acceptors (Lipinski definition) is 3. The van der Waals surface area contributed by atoms with Crippen LogP contribution in [0.1, 0.15) is 49.0 Å². The predicted octanol–water partition coefficient (Wildman–Crippen LogP) is 3.51. The molecule has 1 atom stereocenters. The Balaban J connectivity index is 1.95. The Morgan fingerprint density at radius 3 is 2.42 bits per heavy atom. The molecule has 0 bridgehead atoms. The number of carbonyl (C=O) groups excluding carboxylic acids is 1. The zero-order valence-electron chi connectivity index (χ0n) is 15.9. The summed E-state index contributed by atoms with van der Waals surface area (Å²) in [5.74, 6) is 0.465. The number of aliphatic hydroxyl groups is 1. The van der Waals surface area contributed by atoms with Crippen molar-refractivity contribution in [3.8, 4) is 0 Å². The van der Waals surface area contributed by atoms with E-state index in [1.54, 1.807) is 18.1 Å². The molecule has 0 aliphatic heterocycles. The van der Waals surface area contributed by atoms with E-state index in [0.29, 0.717) is 25.3 Å². The molecule has 5 nitrogen and oxygen atoms in total. The Labute approximate surface area is 156 Å². The van der Waals surface area contributed by atoms with Crippen LogP contribution in [0.2, 0.25) is 0 Å². The Morgan fingerprint density at radius 2 is 1.85 bits per heavy atom. The van der Waals surface area contributed by atoms with Gasteiger partial charge >= 0.3 is 6.03 Å². The number of urea groups is 1. The van der Waals surface area contributed by atoms with Crippen molar-refractivity contribution in [1.82, 2.24) is 15.2 Å². The number of amides is 2. The molecule has 0 fully saturated rings. The molecule has 0 aliphatic carbocycles. The highest BCUT2D eigenvalue weighted by atomic mass is 16.3. The predicted molar refractivity (Wildman–Crippen MR) is 104 cm³/mol. The Hall–Kier alpha value is -2.40. The third-order valence-corrected chi connectivity index (χ3v) is 4.50. The van der Waals surface area contributed by atoms with Crippen LogP contribution in [0.5, 0.6) is 0 Å². The molecule has 2 amide bonds. The number of likely N-dealkylation sites (N-methyl/N-ethyl adjacent to an activating group) is 1.